The maximum Gasteiger partial charge on any atom is 0.317 e. The van der Waals surface area contributed by atoms with E-state index >= 15 is 0 Å². The lowest BCUT2D eigenvalue weighted by atomic mass is 9.90. The molecule has 0 saturated carbocycles. The summed E-state index contributed by atoms with van der Waals surface area (Å²) in [4.78, 5) is 25.0. The molecule has 2 saturated heterocycles. The van der Waals surface area contributed by atoms with E-state index in [0.29, 0.717) is 25.5 Å². The molecular formula is C14H24N2O4. The average molecular weight is 284 g/mol. The molecular weight excluding hydrogens is 260 g/mol. The van der Waals surface area contributed by atoms with Gasteiger partial charge in [0.2, 0.25) is 0 Å². The number of amides is 2. The Hall–Kier alpha value is -1.30. The van der Waals surface area contributed by atoms with Crippen molar-refractivity contribution in [2.75, 3.05) is 26.3 Å². The summed E-state index contributed by atoms with van der Waals surface area (Å²) >= 11 is 0. The van der Waals surface area contributed by atoms with Crippen LogP contribution in [0.1, 0.15) is 33.1 Å². The molecule has 0 aromatic heterocycles. The summed E-state index contributed by atoms with van der Waals surface area (Å²) in [7, 11) is 0. The zero-order valence-electron chi connectivity index (χ0n) is 12.2. The number of carbonyl (C=O) groups is 2. The number of carboxylic acids is 1. The van der Waals surface area contributed by atoms with Crippen LogP contribution < -0.4 is 5.32 Å². The Labute approximate surface area is 119 Å². The average Bonchev–Trinajstić information content (AvgIpc) is 2.84. The highest BCUT2D eigenvalue weighted by molar-refractivity contribution is 5.79. The minimum Gasteiger partial charge on any atom is -0.481 e. The molecule has 20 heavy (non-hydrogen) atoms. The van der Waals surface area contributed by atoms with Gasteiger partial charge in [-0.25, -0.2) is 4.79 Å². The molecule has 2 rings (SSSR count). The van der Waals surface area contributed by atoms with Crippen LogP contribution in [-0.4, -0.2) is 54.4 Å². The largest absolute Gasteiger partial charge is 0.481 e. The van der Waals surface area contributed by atoms with Gasteiger partial charge in [0.05, 0.1) is 12.0 Å². The fourth-order valence-corrected chi connectivity index (χ4v) is 2.87. The van der Waals surface area contributed by atoms with Crippen molar-refractivity contribution in [2.45, 2.75) is 39.2 Å². The van der Waals surface area contributed by atoms with E-state index in [-0.39, 0.29) is 18.6 Å². The first-order chi connectivity index (χ1) is 9.42. The van der Waals surface area contributed by atoms with Gasteiger partial charge in [-0.3, -0.25) is 4.79 Å². The smallest absolute Gasteiger partial charge is 0.317 e. The van der Waals surface area contributed by atoms with Crippen LogP contribution in [0.2, 0.25) is 0 Å². The van der Waals surface area contributed by atoms with E-state index in [0.717, 1.165) is 19.4 Å². The van der Waals surface area contributed by atoms with Gasteiger partial charge in [-0.1, -0.05) is 0 Å². The molecule has 2 amide bonds. The second-order valence-corrected chi connectivity index (χ2v) is 6.25. The highest BCUT2D eigenvalue weighted by Crippen LogP contribution is 2.30. The van der Waals surface area contributed by atoms with Crippen LogP contribution in [0.5, 0.6) is 0 Å². The number of ether oxygens (including phenoxy) is 1. The van der Waals surface area contributed by atoms with Gasteiger partial charge in [0, 0.05) is 31.7 Å². The van der Waals surface area contributed by atoms with E-state index in [1.807, 2.05) is 6.92 Å². The molecule has 114 valence electrons. The number of carbonyl (C=O) groups excluding carboxylic acids is 1. The van der Waals surface area contributed by atoms with E-state index in [9.17, 15) is 14.7 Å². The van der Waals surface area contributed by atoms with Crippen molar-refractivity contribution in [1.82, 2.24) is 10.2 Å². The second-order valence-electron chi connectivity index (χ2n) is 6.25. The molecule has 0 aliphatic carbocycles. The number of hydrogen-bond donors (Lipinski definition) is 2. The quantitative estimate of drug-likeness (QED) is 0.819. The highest BCUT2D eigenvalue weighted by atomic mass is 16.5. The molecule has 2 N–H and O–H groups in total. The Bertz CT molecular complexity index is 381. The molecule has 6 heteroatoms. The molecule has 3 atom stereocenters. The van der Waals surface area contributed by atoms with E-state index in [1.54, 1.807) is 11.8 Å². The maximum absolute atomic E-state index is 12.2. The number of carboxylic acid groups (broad SMARTS) is 1. The molecule has 2 aliphatic rings. The number of aliphatic carboxylic acids is 1. The Morgan fingerprint density at radius 3 is 2.80 bits per heavy atom. The van der Waals surface area contributed by atoms with E-state index in [1.165, 1.54) is 0 Å². The van der Waals surface area contributed by atoms with Gasteiger partial charge in [-0.2, -0.15) is 0 Å². The summed E-state index contributed by atoms with van der Waals surface area (Å²) in [6.07, 6.45) is 2.61. The zero-order chi connectivity index (χ0) is 14.8. The van der Waals surface area contributed by atoms with E-state index in [4.69, 9.17) is 4.74 Å². The van der Waals surface area contributed by atoms with Gasteiger partial charge >= 0.3 is 12.0 Å². The molecule has 0 aromatic carbocycles. The van der Waals surface area contributed by atoms with Gasteiger partial charge in [0.1, 0.15) is 0 Å². The van der Waals surface area contributed by atoms with Gasteiger partial charge < -0.3 is 20.1 Å². The minimum atomic E-state index is -0.832. The molecule has 2 aliphatic heterocycles. The fourth-order valence-electron chi connectivity index (χ4n) is 2.87. The van der Waals surface area contributed by atoms with Gasteiger partial charge in [0.15, 0.2) is 0 Å². The first-order valence-electron chi connectivity index (χ1n) is 7.29. The van der Waals surface area contributed by atoms with Crippen LogP contribution in [0.4, 0.5) is 4.79 Å². The SMILES string of the molecule is CC(NC(=O)N1CCC(C)(C(=O)O)C1)C1CCCOC1. The molecule has 0 aromatic rings. The number of urea groups is 1. The Balaban J connectivity index is 1.84. The summed E-state index contributed by atoms with van der Waals surface area (Å²) in [5, 5.41) is 12.2. The third-order valence-electron chi connectivity index (χ3n) is 4.53. The Morgan fingerprint density at radius 2 is 2.25 bits per heavy atom. The Kier molecular flexibility index (Phi) is 4.52. The summed E-state index contributed by atoms with van der Waals surface area (Å²) in [5.41, 5.74) is -0.811. The monoisotopic (exact) mass is 284 g/mol. The lowest BCUT2D eigenvalue weighted by Gasteiger charge is -2.30. The van der Waals surface area contributed by atoms with Crippen molar-refractivity contribution in [3.8, 4) is 0 Å². The molecule has 2 fully saturated rings. The molecule has 0 radical (unpaired) electrons. The van der Waals surface area contributed by atoms with Gasteiger partial charge in [-0.15, -0.1) is 0 Å². The fraction of sp³-hybridized carbons (Fsp3) is 0.857. The predicted octanol–water partition coefficient (Wildman–Crippen LogP) is 1.31. The van der Waals surface area contributed by atoms with Crippen LogP contribution in [0.25, 0.3) is 0 Å². The summed E-state index contributed by atoms with van der Waals surface area (Å²) < 4.78 is 5.43. The zero-order valence-corrected chi connectivity index (χ0v) is 12.2. The summed E-state index contributed by atoms with van der Waals surface area (Å²) in [6, 6.07) is -0.104. The second kappa shape index (κ2) is 5.99. The standard InChI is InChI=1S/C14H24N2O4/c1-10(11-4-3-7-20-8-11)15-13(19)16-6-5-14(2,9-16)12(17)18/h10-11H,3-9H2,1-2H3,(H,15,19)(H,17,18). The number of hydrogen-bond acceptors (Lipinski definition) is 3. The highest BCUT2D eigenvalue weighted by Gasteiger charge is 2.42. The Morgan fingerprint density at radius 1 is 1.50 bits per heavy atom. The van der Waals surface area contributed by atoms with Gasteiger partial charge in [-0.05, 0) is 33.1 Å². The molecule has 3 unspecified atom stereocenters. The lowest BCUT2D eigenvalue weighted by Crippen LogP contribution is -2.47. The molecule has 2 heterocycles. The van der Waals surface area contributed by atoms with Gasteiger partial charge in [0.25, 0.3) is 0 Å². The summed E-state index contributed by atoms with van der Waals surface area (Å²) in [6.45, 7) is 5.96. The van der Waals surface area contributed by atoms with Crippen LogP contribution in [0.15, 0.2) is 0 Å². The number of rotatable bonds is 3. The maximum atomic E-state index is 12.2. The number of nitrogens with zero attached hydrogens (tertiary/aromatic N) is 1. The van der Waals surface area contributed by atoms with Crippen molar-refractivity contribution < 1.29 is 19.4 Å². The lowest BCUT2D eigenvalue weighted by molar-refractivity contribution is -0.146. The van der Waals surface area contributed by atoms with Crippen LogP contribution >= 0.6 is 0 Å². The third-order valence-corrected chi connectivity index (χ3v) is 4.53. The molecule has 6 nitrogen and oxygen atoms in total. The van der Waals surface area contributed by atoms with Crippen molar-refractivity contribution in [2.24, 2.45) is 11.3 Å². The number of likely N-dealkylation sites (tertiary alicyclic amines) is 1. The van der Waals surface area contributed by atoms with E-state index in [2.05, 4.69) is 5.32 Å². The van der Waals surface area contributed by atoms with Crippen LogP contribution in [0.3, 0.4) is 0 Å². The molecule has 0 spiro atoms. The third kappa shape index (κ3) is 3.23. The van der Waals surface area contributed by atoms with Crippen LogP contribution in [-0.2, 0) is 9.53 Å². The first kappa shape index (κ1) is 15.1. The van der Waals surface area contributed by atoms with Crippen molar-refractivity contribution >= 4 is 12.0 Å². The summed E-state index contributed by atoms with van der Waals surface area (Å²) in [5.74, 6) is -0.484. The number of nitrogens with one attached hydrogen (secondary N) is 1. The van der Waals surface area contributed by atoms with Crippen molar-refractivity contribution in [3.63, 3.8) is 0 Å². The topological polar surface area (TPSA) is 78.9 Å². The molecule has 0 bridgehead atoms. The normalized spacial score (nSPS) is 31.9. The van der Waals surface area contributed by atoms with Crippen LogP contribution in [0, 0.1) is 11.3 Å². The van der Waals surface area contributed by atoms with Crippen molar-refractivity contribution in [1.29, 1.82) is 0 Å². The first-order valence-corrected chi connectivity index (χ1v) is 7.29. The minimum absolute atomic E-state index is 0.0551. The van der Waals surface area contributed by atoms with Crippen molar-refractivity contribution in [3.05, 3.63) is 0 Å². The predicted molar refractivity (Wildman–Crippen MR) is 73.5 cm³/mol. The van der Waals surface area contributed by atoms with E-state index < -0.39 is 11.4 Å².